The van der Waals surface area contributed by atoms with E-state index in [2.05, 4.69) is 0 Å². The zero-order valence-corrected chi connectivity index (χ0v) is 17.4. The summed E-state index contributed by atoms with van der Waals surface area (Å²) in [6, 6.07) is 9.06. The Bertz CT molecular complexity index is 771. The number of carbonyl (C=O) groups is 2. The van der Waals surface area contributed by atoms with Gasteiger partial charge in [0.25, 0.3) is 0 Å². The van der Waals surface area contributed by atoms with Crippen LogP contribution in [0.25, 0.3) is 0 Å². The van der Waals surface area contributed by atoms with E-state index in [0.29, 0.717) is 5.56 Å². The number of esters is 2. The van der Waals surface area contributed by atoms with E-state index in [4.69, 9.17) is 28.4 Å². The molecule has 0 spiro atoms. The van der Waals surface area contributed by atoms with E-state index in [1.807, 2.05) is 18.2 Å². The average molecular weight is 439 g/mol. The van der Waals surface area contributed by atoms with Gasteiger partial charge >= 0.3 is 11.9 Å². The Kier molecular flexibility index (Phi) is 7.55. The molecule has 2 aliphatic rings. The highest BCUT2D eigenvalue weighted by Crippen LogP contribution is 2.43. The van der Waals surface area contributed by atoms with Gasteiger partial charge in [-0.05, 0) is 0 Å². The number of hydrogen-bond donors (Lipinski definition) is 0. The van der Waals surface area contributed by atoms with Crippen LogP contribution in [0.1, 0.15) is 11.9 Å². The summed E-state index contributed by atoms with van der Waals surface area (Å²) in [5, 5.41) is 11.4. The highest BCUT2D eigenvalue weighted by atomic mass is 16.7. The summed E-state index contributed by atoms with van der Waals surface area (Å²) < 4.78 is 32.7. The number of nitrogens with zero attached hydrogens (tertiary/aromatic N) is 1. The molecule has 2 fully saturated rings. The zero-order valence-electron chi connectivity index (χ0n) is 17.4. The van der Waals surface area contributed by atoms with E-state index in [1.165, 1.54) is 7.11 Å². The molecule has 0 amide bonds. The van der Waals surface area contributed by atoms with Crippen LogP contribution in [0.5, 0.6) is 0 Å². The van der Waals surface area contributed by atoms with Crippen molar-refractivity contribution in [3.05, 3.63) is 46.0 Å². The summed E-state index contributed by atoms with van der Waals surface area (Å²) in [6.07, 6.45) is -3.48. The molecule has 1 aromatic carbocycles. The quantitative estimate of drug-likeness (QED) is 0.262. The first-order valence-electron chi connectivity index (χ1n) is 9.69. The number of hydrogen-bond acceptors (Lipinski definition) is 10. The second-order valence-corrected chi connectivity index (χ2v) is 7.24. The second kappa shape index (κ2) is 10.1. The van der Waals surface area contributed by atoms with E-state index >= 15 is 0 Å². The van der Waals surface area contributed by atoms with Gasteiger partial charge in [-0.3, -0.25) is 19.7 Å². The number of methoxy groups -OCH3 is 3. The topological polar surface area (TPSA) is 133 Å². The van der Waals surface area contributed by atoms with Crippen molar-refractivity contribution in [1.82, 2.24) is 0 Å². The molecular weight excluding hydrogens is 414 g/mol. The second-order valence-electron chi connectivity index (χ2n) is 7.24. The molecule has 11 heteroatoms. The molecule has 0 aromatic heterocycles. The average Bonchev–Trinajstić information content (AvgIpc) is 2.79. The molecule has 6 atom stereocenters. The molecule has 3 rings (SSSR count). The molecule has 0 bridgehead atoms. The maximum absolute atomic E-state index is 12.6. The van der Waals surface area contributed by atoms with E-state index in [0.717, 1.165) is 14.2 Å². The lowest BCUT2D eigenvalue weighted by Crippen LogP contribution is -2.62. The summed E-state index contributed by atoms with van der Waals surface area (Å²) in [7, 11) is 3.59. The molecular formula is C20H25NO10. The van der Waals surface area contributed by atoms with Gasteiger partial charge in [-0.2, -0.15) is 0 Å². The highest BCUT2D eigenvalue weighted by molar-refractivity contribution is 5.95. The number of fused-ring (bicyclic) bond motifs is 1. The lowest BCUT2D eigenvalue weighted by molar-refractivity contribution is -0.503. The first kappa shape index (κ1) is 23.1. The van der Waals surface area contributed by atoms with Gasteiger partial charge in [-0.25, -0.2) is 0 Å². The molecule has 0 aliphatic carbocycles. The molecule has 170 valence electrons. The predicted molar refractivity (Wildman–Crippen MR) is 102 cm³/mol. The first-order chi connectivity index (χ1) is 14.9. The molecule has 31 heavy (non-hydrogen) atoms. The number of carbonyl (C=O) groups excluding carboxylic acids is 2. The SMILES string of the molecule is COC(=O)C(C(=O)OC)[C@@H]1[C@@H](C[N+](=O)[O-])[C@H](OC)O[C@@H]2COC(c3ccccc3)O[C@@H]12. The Morgan fingerprint density at radius 2 is 1.77 bits per heavy atom. The van der Waals surface area contributed by atoms with Crippen LogP contribution in [-0.4, -0.2) is 69.8 Å². The van der Waals surface area contributed by atoms with Crippen LogP contribution in [0.4, 0.5) is 0 Å². The van der Waals surface area contributed by atoms with E-state index in [9.17, 15) is 19.7 Å². The largest absolute Gasteiger partial charge is 0.468 e. The molecule has 2 aliphatic heterocycles. The van der Waals surface area contributed by atoms with Gasteiger partial charge in [-0.15, -0.1) is 0 Å². The fraction of sp³-hybridized carbons (Fsp3) is 0.600. The van der Waals surface area contributed by atoms with Crippen LogP contribution < -0.4 is 0 Å². The molecule has 2 saturated heterocycles. The standard InChI is InChI=1S/C20H25NO10/c1-26-17(22)15(18(23)27-2)14-12(9-21(24)25)20(28-3)30-13-10-29-19(31-16(13)14)11-7-5-4-6-8-11/h4-8,12-16,19-20H,9-10H2,1-3H3/t12-,13-,14+,16-,19?,20-/m1/s1. The summed E-state index contributed by atoms with van der Waals surface area (Å²) in [5.41, 5.74) is 0.715. The van der Waals surface area contributed by atoms with Gasteiger partial charge < -0.3 is 28.4 Å². The fourth-order valence-corrected chi connectivity index (χ4v) is 4.20. The van der Waals surface area contributed by atoms with E-state index in [-0.39, 0.29) is 6.61 Å². The van der Waals surface area contributed by atoms with Gasteiger partial charge in [0.05, 0.1) is 32.8 Å². The fourth-order valence-electron chi connectivity index (χ4n) is 4.20. The van der Waals surface area contributed by atoms with Crippen LogP contribution in [0, 0.1) is 27.9 Å². The zero-order chi connectivity index (χ0) is 22.5. The van der Waals surface area contributed by atoms with Crippen LogP contribution in [0.2, 0.25) is 0 Å². The van der Waals surface area contributed by atoms with Crippen molar-refractivity contribution < 1.29 is 42.9 Å². The van der Waals surface area contributed by atoms with Crippen LogP contribution in [0.15, 0.2) is 30.3 Å². The van der Waals surface area contributed by atoms with Crippen LogP contribution in [0.3, 0.4) is 0 Å². The Balaban J connectivity index is 2.03. The van der Waals surface area contributed by atoms with Gasteiger partial charge in [0, 0.05) is 23.5 Å². The minimum Gasteiger partial charge on any atom is -0.468 e. The highest BCUT2D eigenvalue weighted by Gasteiger charge is 2.58. The lowest BCUT2D eigenvalue weighted by atomic mass is 9.73. The Morgan fingerprint density at radius 3 is 2.32 bits per heavy atom. The molecule has 2 heterocycles. The van der Waals surface area contributed by atoms with Gasteiger partial charge in [-0.1, -0.05) is 30.3 Å². The molecule has 11 nitrogen and oxygen atoms in total. The summed E-state index contributed by atoms with van der Waals surface area (Å²) in [6.45, 7) is -0.544. The Hall–Kier alpha value is -2.60. The van der Waals surface area contributed by atoms with Gasteiger partial charge in [0.2, 0.25) is 6.54 Å². The molecule has 0 N–H and O–H groups in total. The third-order valence-corrected chi connectivity index (χ3v) is 5.55. The maximum Gasteiger partial charge on any atom is 0.320 e. The van der Waals surface area contributed by atoms with Crippen LogP contribution in [-0.2, 0) is 38.0 Å². The van der Waals surface area contributed by atoms with Crippen molar-refractivity contribution in [3.63, 3.8) is 0 Å². The number of ether oxygens (including phenoxy) is 6. The van der Waals surface area contributed by atoms with Crippen molar-refractivity contribution in [3.8, 4) is 0 Å². The van der Waals surface area contributed by atoms with Crippen molar-refractivity contribution in [2.45, 2.75) is 24.8 Å². The number of benzene rings is 1. The van der Waals surface area contributed by atoms with Crippen LogP contribution >= 0.6 is 0 Å². The predicted octanol–water partition coefficient (Wildman–Crippen LogP) is 0.943. The maximum atomic E-state index is 12.6. The summed E-state index contributed by atoms with van der Waals surface area (Å²) >= 11 is 0. The Morgan fingerprint density at radius 1 is 1.13 bits per heavy atom. The smallest absolute Gasteiger partial charge is 0.320 e. The Labute approximate surface area is 178 Å². The molecule has 1 unspecified atom stereocenters. The summed E-state index contributed by atoms with van der Waals surface area (Å²) in [4.78, 5) is 36.1. The van der Waals surface area contributed by atoms with Crippen molar-refractivity contribution in [2.75, 3.05) is 34.5 Å². The van der Waals surface area contributed by atoms with Crippen molar-refractivity contribution in [1.29, 1.82) is 0 Å². The molecule has 0 radical (unpaired) electrons. The number of nitro groups is 1. The lowest BCUT2D eigenvalue weighted by Gasteiger charge is -2.49. The first-order valence-corrected chi connectivity index (χ1v) is 9.69. The van der Waals surface area contributed by atoms with Crippen molar-refractivity contribution >= 4 is 11.9 Å². The van der Waals surface area contributed by atoms with Crippen molar-refractivity contribution in [2.24, 2.45) is 17.8 Å². The molecule has 0 saturated carbocycles. The monoisotopic (exact) mass is 439 g/mol. The normalized spacial score (nSPS) is 30.3. The minimum absolute atomic E-state index is 0.0703. The van der Waals surface area contributed by atoms with Gasteiger partial charge in [0.15, 0.2) is 18.5 Å². The number of rotatable bonds is 7. The van der Waals surface area contributed by atoms with Gasteiger partial charge in [0.1, 0.15) is 6.10 Å². The third kappa shape index (κ3) is 4.85. The summed E-state index contributed by atoms with van der Waals surface area (Å²) in [5.74, 6) is -5.23. The minimum atomic E-state index is -1.47. The van der Waals surface area contributed by atoms with E-state index < -0.39 is 65.9 Å². The molecule has 1 aromatic rings. The third-order valence-electron chi connectivity index (χ3n) is 5.55. The van der Waals surface area contributed by atoms with E-state index in [1.54, 1.807) is 12.1 Å².